The average molecular weight is 410 g/mol. The first kappa shape index (κ1) is 23.6. The van der Waals surface area contributed by atoms with E-state index in [4.69, 9.17) is 0 Å². The average Bonchev–Trinajstić information content (AvgIpc) is 2.68. The molecule has 0 aliphatic carbocycles. The van der Waals surface area contributed by atoms with Crippen molar-refractivity contribution in [1.82, 2.24) is 10.2 Å². The molecule has 0 radical (unpaired) electrons. The first-order valence-electron chi connectivity index (χ1n) is 10.4. The number of carbonyl (C=O) groups excluding carboxylic acids is 2. The number of nitrogens with one attached hydrogen (secondary N) is 2. The van der Waals surface area contributed by atoms with Crippen LogP contribution in [0.2, 0.25) is 0 Å². The zero-order chi connectivity index (χ0) is 22.5. The van der Waals surface area contributed by atoms with Gasteiger partial charge in [0.15, 0.2) is 0 Å². The lowest BCUT2D eigenvalue weighted by Crippen LogP contribution is -2.45. The molecule has 0 unspecified atom stereocenters. The van der Waals surface area contributed by atoms with Crippen molar-refractivity contribution in [3.63, 3.8) is 0 Å². The van der Waals surface area contributed by atoms with Crippen molar-refractivity contribution < 1.29 is 9.59 Å². The van der Waals surface area contributed by atoms with Crippen LogP contribution >= 0.6 is 0 Å². The minimum Gasteiger partial charge on any atom is -0.346 e. The second-order valence-electron chi connectivity index (χ2n) is 9.07. The van der Waals surface area contributed by atoms with E-state index in [1.807, 2.05) is 50.9 Å². The van der Waals surface area contributed by atoms with Crippen LogP contribution in [0, 0.1) is 13.8 Å². The molecule has 0 aliphatic heterocycles. The van der Waals surface area contributed by atoms with Crippen molar-refractivity contribution in [2.45, 2.75) is 59.5 Å². The van der Waals surface area contributed by atoms with Gasteiger partial charge in [0.25, 0.3) is 0 Å². The molecular formula is C25H35N3O2. The van der Waals surface area contributed by atoms with E-state index in [0.717, 1.165) is 22.4 Å². The summed E-state index contributed by atoms with van der Waals surface area (Å²) in [4.78, 5) is 26.8. The van der Waals surface area contributed by atoms with Gasteiger partial charge in [-0.1, -0.05) is 63.2 Å². The first-order chi connectivity index (χ1) is 14.0. The molecule has 2 N–H and O–H groups in total. The monoisotopic (exact) mass is 409 g/mol. The van der Waals surface area contributed by atoms with Crippen LogP contribution in [-0.2, 0) is 21.5 Å². The molecule has 30 heavy (non-hydrogen) atoms. The first-order valence-corrected chi connectivity index (χ1v) is 10.4. The second kappa shape index (κ2) is 9.90. The van der Waals surface area contributed by atoms with Crippen LogP contribution in [0.5, 0.6) is 0 Å². The van der Waals surface area contributed by atoms with Gasteiger partial charge in [-0.25, -0.2) is 0 Å². The van der Waals surface area contributed by atoms with Crippen LogP contribution in [0.1, 0.15) is 49.9 Å². The van der Waals surface area contributed by atoms with Gasteiger partial charge in [-0.05, 0) is 55.5 Å². The maximum Gasteiger partial charge on any atom is 0.243 e. The van der Waals surface area contributed by atoms with Crippen LogP contribution in [0.4, 0.5) is 5.69 Å². The van der Waals surface area contributed by atoms with E-state index in [-0.39, 0.29) is 29.8 Å². The Morgan fingerprint density at radius 2 is 1.57 bits per heavy atom. The van der Waals surface area contributed by atoms with Gasteiger partial charge < -0.3 is 10.6 Å². The number of hydrogen-bond donors (Lipinski definition) is 2. The lowest BCUT2D eigenvalue weighted by molar-refractivity contribution is -0.127. The smallest absolute Gasteiger partial charge is 0.243 e. The lowest BCUT2D eigenvalue weighted by atomic mass is 9.87. The molecule has 0 aliphatic rings. The summed E-state index contributed by atoms with van der Waals surface area (Å²) in [5, 5.41) is 5.64. The highest BCUT2D eigenvalue weighted by atomic mass is 16.2. The highest BCUT2D eigenvalue weighted by Crippen LogP contribution is 2.22. The summed E-state index contributed by atoms with van der Waals surface area (Å²) in [6.45, 7) is 12.9. The number of anilines is 1. The molecule has 5 heteroatoms. The lowest BCUT2D eigenvalue weighted by Gasteiger charge is -2.24. The summed E-state index contributed by atoms with van der Waals surface area (Å²) in [6.07, 6.45) is 0. The maximum atomic E-state index is 12.5. The van der Waals surface area contributed by atoms with Gasteiger partial charge in [0.05, 0.1) is 12.6 Å². The predicted molar refractivity (Wildman–Crippen MR) is 124 cm³/mol. The summed E-state index contributed by atoms with van der Waals surface area (Å²) in [5.41, 5.74) is 5.36. The molecule has 0 heterocycles. The number of benzene rings is 2. The van der Waals surface area contributed by atoms with Crippen LogP contribution < -0.4 is 10.6 Å². The number of rotatable bonds is 7. The van der Waals surface area contributed by atoms with Crippen molar-refractivity contribution in [3.05, 3.63) is 64.7 Å². The van der Waals surface area contributed by atoms with Crippen molar-refractivity contribution in [2.75, 3.05) is 18.9 Å². The van der Waals surface area contributed by atoms with E-state index in [2.05, 4.69) is 55.7 Å². The summed E-state index contributed by atoms with van der Waals surface area (Å²) in [7, 11) is 1.92. The summed E-state index contributed by atoms with van der Waals surface area (Å²) >= 11 is 0. The molecular weight excluding hydrogens is 374 g/mol. The maximum absolute atomic E-state index is 12.5. The van der Waals surface area contributed by atoms with Gasteiger partial charge in [-0.15, -0.1) is 0 Å². The quantitative estimate of drug-likeness (QED) is 0.721. The third-order valence-electron chi connectivity index (χ3n) is 5.46. The molecule has 162 valence electrons. The third kappa shape index (κ3) is 6.42. The van der Waals surface area contributed by atoms with E-state index >= 15 is 0 Å². The molecule has 0 aromatic heterocycles. The molecule has 0 bridgehead atoms. The third-order valence-corrected chi connectivity index (χ3v) is 5.46. The molecule has 0 fully saturated rings. The van der Waals surface area contributed by atoms with Gasteiger partial charge in [-0.2, -0.15) is 0 Å². The number of para-hydroxylation sites is 1. The molecule has 0 spiro atoms. The highest BCUT2D eigenvalue weighted by Gasteiger charge is 2.19. The van der Waals surface area contributed by atoms with E-state index in [9.17, 15) is 9.59 Å². The Labute approximate surface area is 180 Å². The molecule has 1 atom stereocenters. The predicted octanol–water partition coefficient (Wildman–Crippen LogP) is 4.18. The van der Waals surface area contributed by atoms with Gasteiger partial charge in [-0.3, -0.25) is 14.5 Å². The zero-order valence-corrected chi connectivity index (χ0v) is 19.3. The van der Waals surface area contributed by atoms with Crippen LogP contribution in [0.25, 0.3) is 0 Å². The number of amides is 2. The Balaban J connectivity index is 1.86. The Morgan fingerprint density at radius 1 is 1.00 bits per heavy atom. The van der Waals surface area contributed by atoms with Crippen LogP contribution in [0.3, 0.4) is 0 Å². The molecule has 2 aromatic rings. The van der Waals surface area contributed by atoms with Crippen LogP contribution in [0.15, 0.2) is 42.5 Å². The molecule has 2 aromatic carbocycles. The standard InChI is InChI=1S/C25H35N3O2/c1-17-9-8-10-18(2)23(17)27-22(29)15-26-24(30)19(3)28(7)16-20-11-13-21(14-12-20)25(4,5)6/h8-14,19H,15-16H2,1-7H3,(H,26,30)(H,27,29)/t19-/m0/s1. The van der Waals surface area contributed by atoms with Gasteiger partial charge in [0.2, 0.25) is 11.8 Å². The largest absolute Gasteiger partial charge is 0.346 e. The number of nitrogens with zero attached hydrogens (tertiary/aromatic N) is 1. The van der Waals surface area contributed by atoms with E-state index in [1.165, 1.54) is 5.56 Å². The van der Waals surface area contributed by atoms with Gasteiger partial charge >= 0.3 is 0 Å². The summed E-state index contributed by atoms with van der Waals surface area (Å²) in [5.74, 6) is -0.395. The Morgan fingerprint density at radius 3 is 2.10 bits per heavy atom. The highest BCUT2D eigenvalue weighted by molar-refractivity contribution is 5.96. The SMILES string of the molecule is Cc1cccc(C)c1NC(=O)CNC(=O)[C@H](C)N(C)Cc1ccc(C(C)(C)C)cc1. The summed E-state index contributed by atoms with van der Waals surface area (Å²) < 4.78 is 0. The van der Waals surface area contributed by atoms with E-state index in [1.54, 1.807) is 0 Å². The van der Waals surface area contributed by atoms with E-state index in [0.29, 0.717) is 6.54 Å². The topological polar surface area (TPSA) is 61.4 Å². The number of aryl methyl sites for hydroxylation is 2. The number of hydrogen-bond acceptors (Lipinski definition) is 3. The Bertz CT molecular complexity index is 862. The fourth-order valence-electron chi connectivity index (χ4n) is 3.25. The number of likely N-dealkylation sites (N-methyl/N-ethyl adjacent to an activating group) is 1. The Kier molecular flexibility index (Phi) is 7.79. The molecule has 0 saturated heterocycles. The van der Waals surface area contributed by atoms with Crippen LogP contribution in [-0.4, -0.2) is 36.3 Å². The molecule has 2 amide bonds. The zero-order valence-electron chi connectivity index (χ0n) is 19.3. The summed E-state index contributed by atoms with van der Waals surface area (Å²) in [6, 6.07) is 14.0. The molecule has 0 saturated carbocycles. The van der Waals surface area contributed by atoms with Crippen molar-refractivity contribution >= 4 is 17.5 Å². The Hall–Kier alpha value is -2.66. The van der Waals surface area contributed by atoms with Gasteiger partial charge in [0, 0.05) is 12.2 Å². The van der Waals surface area contributed by atoms with E-state index < -0.39 is 0 Å². The normalized spacial score (nSPS) is 12.5. The fourth-order valence-corrected chi connectivity index (χ4v) is 3.25. The minimum absolute atomic E-state index is 0.0505. The fraction of sp³-hybridized carbons (Fsp3) is 0.440. The minimum atomic E-state index is -0.347. The van der Waals surface area contributed by atoms with Crippen molar-refractivity contribution in [1.29, 1.82) is 0 Å². The van der Waals surface area contributed by atoms with Gasteiger partial charge in [0.1, 0.15) is 0 Å². The second-order valence-corrected chi connectivity index (χ2v) is 9.07. The number of carbonyl (C=O) groups is 2. The van der Waals surface area contributed by atoms with Crippen molar-refractivity contribution in [2.24, 2.45) is 0 Å². The molecule has 2 rings (SSSR count). The van der Waals surface area contributed by atoms with Crippen molar-refractivity contribution in [3.8, 4) is 0 Å². The molecule has 5 nitrogen and oxygen atoms in total.